The minimum Gasteiger partial charge on any atom is -0.491 e. The smallest absolute Gasteiger partial charge is 0.251 e. The van der Waals surface area contributed by atoms with Crippen molar-refractivity contribution >= 4 is 23.2 Å². The molecule has 0 bridgehead atoms. The zero-order valence-electron chi connectivity index (χ0n) is 18.0. The first-order valence-corrected chi connectivity index (χ1v) is 10.3. The Labute approximate surface area is 187 Å². The predicted octanol–water partition coefficient (Wildman–Crippen LogP) is 3.69. The highest BCUT2D eigenvalue weighted by Gasteiger charge is 2.07. The molecule has 0 spiro atoms. The molecular weight excluding hydrogens is 406 g/mol. The second kappa shape index (κ2) is 12.1. The van der Waals surface area contributed by atoms with Gasteiger partial charge in [0.25, 0.3) is 5.91 Å². The van der Waals surface area contributed by atoms with Crippen LogP contribution in [0.25, 0.3) is 0 Å². The van der Waals surface area contributed by atoms with Gasteiger partial charge >= 0.3 is 0 Å². The molecule has 0 aliphatic heterocycles. The number of ether oxygens (including phenoxy) is 2. The van der Waals surface area contributed by atoms with E-state index in [1.807, 2.05) is 30.3 Å². The van der Waals surface area contributed by atoms with Crippen molar-refractivity contribution in [2.75, 3.05) is 37.5 Å². The first-order chi connectivity index (χ1) is 15.6. The minimum absolute atomic E-state index is 0.103. The summed E-state index contributed by atoms with van der Waals surface area (Å²) in [5, 5.41) is 8.77. The summed E-state index contributed by atoms with van der Waals surface area (Å²) < 4.78 is 10.4. The van der Waals surface area contributed by atoms with E-state index in [9.17, 15) is 9.59 Å². The highest BCUT2D eigenvalue weighted by molar-refractivity contribution is 5.95. The lowest BCUT2D eigenvalue weighted by Gasteiger charge is -2.10. The average molecular weight is 434 g/mol. The molecule has 7 heteroatoms. The van der Waals surface area contributed by atoms with Gasteiger partial charge in [-0.2, -0.15) is 0 Å². The van der Waals surface area contributed by atoms with Crippen molar-refractivity contribution in [1.82, 2.24) is 5.32 Å². The van der Waals surface area contributed by atoms with Crippen LogP contribution < -0.4 is 20.7 Å². The molecule has 0 aliphatic rings. The number of carbonyl (C=O) groups is 2. The van der Waals surface area contributed by atoms with Gasteiger partial charge in [-0.3, -0.25) is 9.59 Å². The lowest BCUT2D eigenvalue weighted by molar-refractivity contribution is -0.114. The summed E-state index contributed by atoms with van der Waals surface area (Å²) in [6.45, 7) is 1.56. The SMILES string of the molecule is COCCOc1ccc(NC(=O)CNc2ccc(C(=O)NCc3ccccc3)cc2)cc1. The van der Waals surface area contributed by atoms with Gasteiger partial charge < -0.3 is 25.4 Å². The van der Waals surface area contributed by atoms with Crippen LogP contribution in [0, 0.1) is 0 Å². The molecule has 0 saturated heterocycles. The van der Waals surface area contributed by atoms with E-state index >= 15 is 0 Å². The molecule has 0 aliphatic carbocycles. The van der Waals surface area contributed by atoms with Crippen LogP contribution in [0.3, 0.4) is 0 Å². The molecule has 0 atom stereocenters. The number of nitrogens with one attached hydrogen (secondary N) is 3. The van der Waals surface area contributed by atoms with Gasteiger partial charge in [-0.25, -0.2) is 0 Å². The molecule has 0 aromatic heterocycles. The Kier molecular flexibility index (Phi) is 8.65. The van der Waals surface area contributed by atoms with Crippen LogP contribution >= 0.6 is 0 Å². The summed E-state index contributed by atoms with van der Waals surface area (Å²) in [6.07, 6.45) is 0. The monoisotopic (exact) mass is 433 g/mol. The number of methoxy groups -OCH3 is 1. The van der Waals surface area contributed by atoms with Crippen molar-refractivity contribution in [3.05, 3.63) is 90.0 Å². The molecule has 0 saturated carbocycles. The largest absolute Gasteiger partial charge is 0.491 e. The fraction of sp³-hybridized carbons (Fsp3) is 0.200. The third-order valence-corrected chi connectivity index (χ3v) is 4.59. The molecule has 0 fully saturated rings. The van der Waals surface area contributed by atoms with Crippen LogP contribution in [-0.4, -0.2) is 38.7 Å². The lowest BCUT2D eigenvalue weighted by Crippen LogP contribution is -2.23. The lowest BCUT2D eigenvalue weighted by atomic mass is 10.1. The van der Waals surface area contributed by atoms with E-state index < -0.39 is 0 Å². The second-order valence-electron chi connectivity index (χ2n) is 7.01. The summed E-state index contributed by atoms with van der Waals surface area (Å²) in [6, 6.07) is 23.9. The van der Waals surface area contributed by atoms with Gasteiger partial charge in [-0.15, -0.1) is 0 Å². The Bertz CT molecular complexity index is 990. The number of amides is 2. The molecule has 7 nitrogen and oxygen atoms in total. The second-order valence-corrected chi connectivity index (χ2v) is 7.01. The number of benzene rings is 3. The van der Waals surface area contributed by atoms with E-state index in [0.29, 0.717) is 36.8 Å². The summed E-state index contributed by atoms with van der Waals surface area (Å²) in [5.74, 6) is 0.390. The van der Waals surface area contributed by atoms with Gasteiger partial charge in [0.2, 0.25) is 5.91 Å². The van der Waals surface area contributed by atoms with Crippen LogP contribution in [0.2, 0.25) is 0 Å². The maximum atomic E-state index is 12.3. The van der Waals surface area contributed by atoms with Crippen molar-refractivity contribution in [3.63, 3.8) is 0 Å². The van der Waals surface area contributed by atoms with E-state index in [-0.39, 0.29) is 18.4 Å². The summed E-state index contributed by atoms with van der Waals surface area (Å²) in [4.78, 5) is 24.5. The molecule has 0 unspecified atom stereocenters. The Balaban J connectivity index is 1.41. The van der Waals surface area contributed by atoms with Crippen LogP contribution in [0.15, 0.2) is 78.9 Å². The minimum atomic E-state index is -0.178. The van der Waals surface area contributed by atoms with Crippen LogP contribution in [0.5, 0.6) is 5.75 Å². The van der Waals surface area contributed by atoms with Crippen molar-refractivity contribution in [1.29, 1.82) is 0 Å². The summed E-state index contributed by atoms with van der Waals surface area (Å²) in [5.41, 5.74) is 3.03. The quantitative estimate of drug-likeness (QED) is 0.402. The van der Waals surface area contributed by atoms with Gasteiger partial charge in [0, 0.05) is 30.6 Å². The number of hydrogen-bond donors (Lipinski definition) is 3. The molecular formula is C25H27N3O4. The molecule has 32 heavy (non-hydrogen) atoms. The molecule has 166 valence electrons. The Morgan fingerprint density at radius 1 is 0.812 bits per heavy atom. The van der Waals surface area contributed by atoms with E-state index in [1.54, 1.807) is 55.6 Å². The van der Waals surface area contributed by atoms with E-state index in [1.165, 1.54) is 0 Å². The number of anilines is 2. The first kappa shape index (κ1) is 22.8. The fourth-order valence-electron chi connectivity index (χ4n) is 2.88. The summed E-state index contributed by atoms with van der Waals surface area (Å²) in [7, 11) is 1.62. The zero-order valence-corrected chi connectivity index (χ0v) is 18.0. The Hall–Kier alpha value is -3.84. The third kappa shape index (κ3) is 7.45. The molecule has 3 aromatic rings. The third-order valence-electron chi connectivity index (χ3n) is 4.59. The topological polar surface area (TPSA) is 88.7 Å². The summed E-state index contributed by atoms with van der Waals surface area (Å²) >= 11 is 0. The van der Waals surface area contributed by atoms with Gasteiger partial charge in [0.15, 0.2) is 0 Å². The standard InChI is InChI=1S/C25H27N3O4/c1-31-15-16-32-23-13-11-22(12-14-23)28-24(29)18-26-21-9-7-20(8-10-21)25(30)27-17-19-5-3-2-4-6-19/h2-14,26H,15-18H2,1H3,(H,27,30)(H,28,29). The highest BCUT2D eigenvalue weighted by atomic mass is 16.5. The maximum absolute atomic E-state index is 12.3. The number of rotatable bonds is 11. The van der Waals surface area contributed by atoms with Crippen LogP contribution in [0.4, 0.5) is 11.4 Å². The normalized spacial score (nSPS) is 10.3. The zero-order chi connectivity index (χ0) is 22.6. The average Bonchev–Trinajstić information content (AvgIpc) is 2.83. The Morgan fingerprint density at radius 2 is 1.50 bits per heavy atom. The van der Waals surface area contributed by atoms with E-state index in [0.717, 1.165) is 11.3 Å². The predicted molar refractivity (Wildman–Crippen MR) is 125 cm³/mol. The molecule has 0 radical (unpaired) electrons. The van der Waals surface area contributed by atoms with Crippen molar-refractivity contribution < 1.29 is 19.1 Å². The van der Waals surface area contributed by atoms with Crippen LogP contribution in [-0.2, 0) is 16.1 Å². The van der Waals surface area contributed by atoms with Gasteiger partial charge in [0.05, 0.1) is 13.2 Å². The van der Waals surface area contributed by atoms with Crippen molar-refractivity contribution in [3.8, 4) is 5.75 Å². The number of hydrogen-bond acceptors (Lipinski definition) is 5. The Morgan fingerprint density at radius 3 is 2.19 bits per heavy atom. The molecule has 3 aromatic carbocycles. The van der Waals surface area contributed by atoms with E-state index in [4.69, 9.17) is 9.47 Å². The van der Waals surface area contributed by atoms with Gasteiger partial charge in [-0.05, 0) is 54.1 Å². The molecule has 3 rings (SSSR count). The molecule has 3 N–H and O–H groups in total. The molecule has 2 amide bonds. The first-order valence-electron chi connectivity index (χ1n) is 10.3. The van der Waals surface area contributed by atoms with Gasteiger partial charge in [-0.1, -0.05) is 30.3 Å². The van der Waals surface area contributed by atoms with E-state index in [2.05, 4.69) is 16.0 Å². The van der Waals surface area contributed by atoms with Gasteiger partial charge in [0.1, 0.15) is 12.4 Å². The molecule has 0 heterocycles. The van der Waals surface area contributed by atoms with Crippen molar-refractivity contribution in [2.24, 2.45) is 0 Å². The van der Waals surface area contributed by atoms with Crippen molar-refractivity contribution in [2.45, 2.75) is 6.54 Å². The maximum Gasteiger partial charge on any atom is 0.251 e. The number of carbonyl (C=O) groups excluding carboxylic acids is 2. The van der Waals surface area contributed by atoms with Crippen LogP contribution in [0.1, 0.15) is 15.9 Å². The fourth-order valence-corrected chi connectivity index (χ4v) is 2.88. The highest BCUT2D eigenvalue weighted by Crippen LogP contribution is 2.16.